The van der Waals surface area contributed by atoms with E-state index in [-0.39, 0.29) is 24.4 Å². The van der Waals surface area contributed by atoms with E-state index in [1.165, 1.54) is 4.31 Å². The van der Waals surface area contributed by atoms with E-state index in [1.807, 2.05) is 69.3 Å². The maximum absolute atomic E-state index is 15.3. The molecule has 5 heteroatoms. The topological polar surface area (TPSA) is 37.4 Å². The van der Waals surface area contributed by atoms with Gasteiger partial charge in [0.25, 0.3) is 0 Å². The molecule has 162 valence electrons. The standard InChI is InChI=1S/C26H28FNO2S/c1-19-4-10-22(11-5-19)26(23-12-6-20(2)7-13-23)16-24(27)17-28(18-26)31(29,30)25-14-8-21(3)9-15-25/h4-15,24H,16-18H2,1-3H3. The van der Waals surface area contributed by atoms with E-state index in [9.17, 15) is 8.42 Å². The third kappa shape index (κ3) is 4.17. The first-order valence-corrected chi connectivity index (χ1v) is 12.0. The maximum Gasteiger partial charge on any atom is 0.243 e. The van der Waals surface area contributed by atoms with Gasteiger partial charge in [0.05, 0.1) is 4.90 Å². The predicted octanol–water partition coefficient (Wildman–Crippen LogP) is 5.33. The van der Waals surface area contributed by atoms with Crippen LogP contribution in [0.4, 0.5) is 4.39 Å². The second-order valence-electron chi connectivity index (χ2n) is 8.73. The van der Waals surface area contributed by atoms with Gasteiger partial charge in [-0.05, 0) is 50.5 Å². The Morgan fingerprint density at radius 1 is 0.774 bits per heavy atom. The molecule has 1 saturated heterocycles. The van der Waals surface area contributed by atoms with Crippen LogP contribution in [0.5, 0.6) is 0 Å². The van der Waals surface area contributed by atoms with Gasteiger partial charge in [0.15, 0.2) is 0 Å². The summed E-state index contributed by atoms with van der Waals surface area (Å²) in [6, 6.07) is 22.8. The largest absolute Gasteiger partial charge is 0.246 e. The van der Waals surface area contributed by atoms with Crippen molar-refractivity contribution >= 4 is 10.0 Å². The number of benzene rings is 3. The summed E-state index contributed by atoms with van der Waals surface area (Å²) in [5, 5.41) is 0. The fourth-order valence-corrected chi connectivity index (χ4v) is 5.99. The van der Waals surface area contributed by atoms with E-state index in [0.717, 1.165) is 27.8 Å². The molecule has 0 radical (unpaired) electrons. The molecule has 0 spiro atoms. The average Bonchev–Trinajstić information content (AvgIpc) is 2.74. The number of nitrogens with zero attached hydrogens (tertiary/aromatic N) is 1. The molecule has 1 unspecified atom stereocenters. The number of alkyl halides is 1. The van der Waals surface area contributed by atoms with Crippen LogP contribution in [0, 0.1) is 20.8 Å². The zero-order valence-electron chi connectivity index (χ0n) is 18.2. The molecule has 3 nitrogen and oxygen atoms in total. The summed E-state index contributed by atoms with van der Waals surface area (Å²) in [5.74, 6) is 0. The third-order valence-electron chi connectivity index (χ3n) is 6.29. The van der Waals surface area contributed by atoms with Gasteiger partial charge in [-0.25, -0.2) is 12.8 Å². The summed E-state index contributed by atoms with van der Waals surface area (Å²) in [6.45, 7) is 6.00. The van der Waals surface area contributed by atoms with Gasteiger partial charge in [0, 0.05) is 18.5 Å². The Kier molecular flexibility index (Phi) is 5.75. The van der Waals surface area contributed by atoms with Crippen molar-refractivity contribution in [2.75, 3.05) is 13.1 Å². The SMILES string of the molecule is Cc1ccc(C2(c3ccc(C)cc3)CC(F)CN(S(=O)(=O)c3ccc(C)cc3)C2)cc1. The minimum absolute atomic E-state index is 0.129. The molecule has 3 aromatic rings. The van der Waals surface area contributed by atoms with Crippen LogP contribution in [0.15, 0.2) is 77.7 Å². The molecule has 0 N–H and O–H groups in total. The highest BCUT2D eigenvalue weighted by Gasteiger charge is 2.46. The first kappa shape index (κ1) is 21.7. The second kappa shape index (κ2) is 8.21. The van der Waals surface area contributed by atoms with E-state index >= 15 is 4.39 Å². The Balaban J connectivity index is 1.84. The first-order chi connectivity index (χ1) is 14.7. The molecular weight excluding hydrogens is 409 g/mol. The Labute approximate surface area is 184 Å². The smallest absolute Gasteiger partial charge is 0.243 e. The zero-order chi connectivity index (χ0) is 22.2. The van der Waals surface area contributed by atoms with Gasteiger partial charge in [-0.15, -0.1) is 0 Å². The summed E-state index contributed by atoms with van der Waals surface area (Å²) in [5.41, 5.74) is 4.33. The van der Waals surface area contributed by atoms with Crippen molar-refractivity contribution in [2.24, 2.45) is 0 Å². The Hall–Kier alpha value is -2.50. The summed E-state index contributed by atoms with van der Waals surface area (Å²) in [6.07, 6.45) is -1.02. The number of piperidine rings is 1. The van der Waals surface area contributed by atoms with Crippen molar-refractivity contribution in [2.45, 2.75) is 43.7 Å². The molecule has 0 bridgehead atoms. The monoisotopic (exact) mass is 437 g/mol. The van der Waals surface area contributed by atoms with Gasteiger partial charge in [-0.2, -0.15) is 4.31 Å². The van der Waals surface area contributed by atoms with Crippen molar-refractivity contribution in [3.8, 4) is 0 Å². The van der Waals surface area contributed by atoms with Gasteiger partial charge in [0.2, 0.25) is 10.0 Å². The van der Waals surface area contributed by atoms with Crippen LogP contribution in [-0.2, 0) is 15.4 Å². The molecule has 1 aliphatic heterocycles. The molecule has 1 fully saturated rings. The summed E-state index contributed by atoms with van der Waals surface area (Å²) >= 11 is 0. The molecule has 1 atom stereocenters. The van der Waals surface area contributed by atoms with Crippen molar-refractivity contribution in [3.63, 3.8) is 0 Å². The zero-order valence-corrected chi connectivity index (χ0v) is 19.0. The van der Waals surface area contributed by atoms with E-state index in [0.29, 0.717) is 0 Å². The number of aryl methyl sites for hydroxylation is 3. The first-order valence-electron chi connectivity index (χ1n) is 10.6. The van der Waals surface area contributed by atoms with E-state index in [2.05, 4.69) is 0 Å². The van der Waals surface area contributed by atoms with Crippen LogP contribution in [0.3, 0.4) is 0 Å². The van der Waals surface area contributed by atoms with Gasteiger partial charge >= 0.3 is 0 Å². The molecule has 31 heavy (non-hydrogen) atoms. The second-order valence-corrected chi connectivity index (χ2v) is 10.7. The average molecular weight is 438 g/mol. The fraction of sp³-hybridized carbons (Fsp3) is 0.308. The number of hydrogen-bond donors (Lipinski definition) is 0. The predicted molar refractivity (Wildman–Crippen MR) is 123 cm³/mol. The lowest BCUT2D eigenvalue weighted by molar-refractivity contribution is 0.148. The summed E-state index contributed by atoms with van der Waals surface area (Å²) in [7, 11) is -3.82. The Bertz CT molecular complexity index is 1110. The van der Waals surface area contributed by atoms with Gasteiger partial charge < -0.3 is 0 Å². The minimum Gasteiger partial charge on any atom is -0.246 e. The molecule has 1 heterocycles. The van der Waals surface area contributed by atoms with Crippen molar-refractivity contribution in [3.05, 3.63) is 101 Å². The van der Waals surface area contributed by atoms with Crippen LogP contribution in [0.25, 0.3) is 0 Å². The summed E-state index contributed by atoms with van der Waals surface area (Å²) < 4.78 is 43.5. The molecule has 0 aliphatic carbocycles. The van der Waals surface area contributed by atoms with Crippen molar-refractivity contribution in [1.82, 2.24) is 4.31 Å². The van der Waals surface area contributed by atoms with Crippen LogP contribution >= 0.6 is 0 Å². The van der Waals surface area contributed by atoms with Crippen molar-refractivity contribution < 1.29 is 12.8 Å². The van der Waals surface area contributed by atoms with Gasteiger partial charge in [0.1, 0.15) is 6.17 Å². The quantitative estimate of drug-likeness (QED) is 0.553. The lowest BCUT2D eigenvalue weighted by Crippen LogP contribution is -2.53. The lowest BCUT2D eigenvalue weighted by atomic mass is 9.69. The van der Waals surface area contributed by atoms with Crippen LogP contribution in [0.2, 0.25) is 0 Å². The van der Waals surface area contributed by atoms with E-state index < -0.39 is 21.6 Å². The fourth-order valence-electron chi connectivity index (χ4n) is 4.47. The van der Waals surface area contributed by atoms with Gasteiger partial charge in [-0.1, -0.05) is 77.4 Å². The highest BCUT2D eigenvalue weighted by molar-refractivity contribution is 7.89. The molecule has 0 aromatic heterocycles. The highest BCUT2D eigenvalue weighted by Crippen LogP contribution is 2.43. The van der Waals surface area contributed by atoms with Crippen molar-refractivity contribution in [1.29, 1.82) is 0 Å². The maximum atomic E-state index is 15.3. The normalized spacial score (nSPS) is 19.3. The number of halogens is 1. The van der Waals surface area contributed by atoms with Crippen LogP contribution in [-0.4, -0.2) is 32.0 Å². The molecule has 0 saturated carbocycles. The number of sulfonamides is 1. The number of rotatable bonds is 4. The summed E-state index contributed by atoms with van der Waals surface area (Å²) in [4.78, 5) is 0.203. The van der Waals surface area contributed by atoms with E-state index in [4.69, 9.17) is 0 Å². The third-order valence-corrected chi connectivity index (χ3v) is 8.11. The Morgan fingerprint density at radius 2 is 1.19 bits per heavy atom. The molecule has 0 amide bonds. The van der Waals surface area contributed by atoms with E-state index in [1.54, 1.807) is 24.3 Å². The number of hydrogen-bond acceptors (Lipinski definition) is 2. The Morgan fingerprint density at radius 3 is 1.65 bits per heavy atom. The molecular formula is C26H28FNO2S. The van der Waals surface area contributed by atoms with Crippen LogP contribution < -0.4 is 0 Å². The van der Waals surface area contributed by atoms with Gasteiger partial charge in [-0.3, -0.25) is 0 Å². The lowest BCUT2D eigenvalue weighted by Gasteiger charge is -2.44. The molecule has 1 aliphatic rings. The minimum atomic E-state index is -3.82. The molecule has 3 aromatic carbocycles. The van der Waals surface area contributed by atoms with Crippen LogP contribution in [0.1, 0.15) is 34.2 Å². The molecule has 4 rings (SSSR count). The highest BCUT2D eigenvalue weighted by atomic mass is 32.2.